The normalized spacial score (nSPS) is 29.3. The van der Waals surface area contributed by atoms with Gasteiger partial charge in [-0.3, -0.25) is 5.32 Å². The standard InChI is InChI=1S/C15H21N5O/c1-9-2-4-10(5-3-9)14-19-15(21-20-14)12-6-11-13(7-16-12)18-8-17-11/h8-10,12,16H,2-7H2,1H3,(H,17,18). The van der Waals surface area contributed by atoms with Crippen LogP contribution in [0, 0.1) is 5.92 Å². The lowest BCUT2D eigenvalue weighted by molar-refractivity contribution is 0.305. The fourth-order valence-corrected chi connectivity index (χ4v) is 3.42. The van der Waals surface area contributed by atoms with E-state index in [0.29, 0.717) is 11.8 Å². The van der Waals surface area contributed by atoms with Crippen molar-refractivity contribution >= 4 is 0 Å². The van der Waals surface area contributed by atoms with E-state index in [1.807, 2.05) is 0 Å². The van der Waals surface area contributed by atoms with Crippen LogP contribution in [0.1, 0.15) is 67.7 Å². The molecule has 1 aliphatic heterocycles. The second kappa shape index (κ2) is 5.26. The van der Waals surface area contributed by atoms with Gasteiger partial charge in [0.1, 0.15) is 0 Å². The Morgan fingerprint density at radius 2 is 2.10 bits per heavy atom. The molecule has 6 heteroatoms. The van der Waals surface area contributed by atoms with E-state index < -0.39 is 0 Å². The maximum absolute atomic E-state index is 5.51. The number of nitrogens with one attached hydrogen (secondary N) is 2. The molecule has 4 rings (SSSR count). The number of aromatic amines is 1. The molecular formula is C15H21N5O. The zero-order valence-electron chi connectivity index (χ0n) is 12.3. The van der Waals surface area contributed by atoms with Gasteiger partial charge in [-0.2, -0.15) is 4.98 Å². The number of hydrogen-bond acceptors (Lipinski definition) is 5. The topological polar surface area (TPSA) is 79.6 Å². The molecule has 2 aliphatic rings. The van der Waals surface area contributed by atoms with Crippen molar-refractivity contribution in [1.82, 2.24) is 25.4 Å². The van der Waals surface area contributed by atoms with E-state index in [-0.39, 0.29) is 6.04 Å². The number of imidazole rings is 1. The molecule has 1 fully saturated rings. The predicted molar refractivity (Wildman–Crippen MR) is 76.5 cm³/mol. The van der Waals surface area contributed by atoms with Crippen molar-refractivity contribution in [1.29, 1.82) is 0 Å². The van der Waals surface area contributed by atoms with E-state index >= 15 is 0 Å². The first-order chi connectivity index (χ1) is 10.3. The summed E-state index contributed by atoms with van der Waals surface area (Å²) >= 11 is 0. The van der Waals surface area contributed by atoms with E-state index in [9.17, 15) is 0 Å². The molecule has 0 spiro atoms. The Balaban J connectivity index is 1.48. The van der Waals surface area contributed by atoms with E-state index in [1.165, 1.54) is 25.7 Å². The van der Waals surface area contributed by atoms with Crippen LogP contribution < -0.4 is 5.32 Å². The Bertz CT molecular complexity index is 611. The molecule has 2 aromatic rings. The molecule has 1 saturated carbocycles. The van der Waals surface area contributed by atoms with Crippen molar-refractivity contribution in [3.05, 3.63) is 29.4 Å². The predicted octanol–water partition coefficient (Wildman–Crippen LogP) is 2.47. The van der Waals surface area contributed by atoms with Crippen LogP contribution in [-0.2, 0) is 13.0 Å². The van der Waals surface area contributed by atoms with Gasteiger partial charge in [0.05, 0.1) is 23.8 Å². The van der Waals surface area contributed by atoms with E-state index in [1.54, 1.807) is 6.33 Å². The average Bonchev–Trinajstić information content (AvgIpc) is 3.16. The fourth-order valence-electron chi connectivity index (χ4n) is 3.42. The lowest BCUT2D eigenvalue weighted by atomic mass is 9.83. The highest BCUT2D eigenvalue weighted by atomic mass is 16.5. The second-order valence-electron chi connectivity index (χ2n) is 6.41. The summed E-state index contributed by atoms with van der Waals surface area (Å²) in [6.07, 6.45) is 7.46. The molecule has 0 aromatic carbocycles. The lowest BCUT2D eigenvalue weighted by Gasteiger charge is -2.23. The summed E-state index contributed by atoms with van der Waals surface area (Å²) in [4.78, 5) is 12.2. The first kappa shape index (κ1) is 13.0. The second-order valence-corrected chi connectivity index (χ2v) is 6.41. The first-order valence-corrected chi connectivity index (χ1v) is 7.87. The molecular weight excluding hydrogens is 266 g/mol. The molecule has 2 N–H and O–H groups in total. The Hall–Kier alpha value is -1.69. The van der Waals surface area contributed by atoms with Crippen molar-refractivity contribution in [2.24, 2.45) is 5.92 Å². The van der Waals surface area contributed by atoms with Gasteiger partial charge in [-0.25, -0.2) is 4.98 Å². The van der Waals surface area contributed by atoms with Crippen LogP contribution in [0.15, 0.2) is 10.9 Å². The summed E-state index contributed by atoms with van der Waals surface area (Å²) in [7, 11) is 0. The molecule has 0 amide bonds. The van der Waals surface area contributed by atoms with Crippen molar-refractivity contribution in [3.8, 4) is 0 Å². The van der Waals surface area contributed by atoms with Crippen LogP contribution in [0.3, 0.4) is 0 Å². The maximum Gasteiger partial charge on any atom is 0.244 e. The number of nitrogens with zero attached hydrogens (tertiary/aromatic N) is 3. The van der Waals surface area contributed by atoms with Gasteiger partial charge in [-0.1, -0.05) is 24.9 Å². The molecule has 3 heterocycles. The van der Waals surface area contributed by atoms with Crippen LogP contribution in [0.5, 0.6) is 0 Å². The van der Waals surface area contributed by atoms with Gasteiger partial charge in [0, 0.05) is 18.9 Å². The third-order valence-corrected chi connectivity index (χ3v) is 4.87. The third-order valence-electron chi connectivity index (χ3n) is 4.87. The highest BCUT2D eigenvalue weighted by Crippen LogP contribution is 2.34. The van der Waals surface area contributed by atoms with E-state index in [0.717, 1.165) is 36.1 Å². The zero-order chi connectivity index (χ0) is 14.2. The van der Waals surface area contributed by atoms with Gasteiger partial charge in [0.15, 0.2) is 5.82 Å². The highest BCUT2D eigenvalue weighted by Gasteiger charge is 2.28. The molecule has 1 atom stereocenters. The molecule has 1 unspecified atom stereocenters. The Kier molecular flexibility index (Phi) is 3.25. The minimum atomic E-state index is 0.0876. The Morgan fingerprint density at radius 1 is 1.24 bits per heavy atom. The minimum absolute atomic E-state index is 0.0876. The number of hydrogen-bond donors (Lipinski definition) is 2. The van der Waals surface area contributed by atoms with E-state index in [2.05, 4.69) is 32.3 Å². The van der Waals surface area contributed by atoms with Crippen molar-refractivity contribution < 1.29 is 4.52 Å². The van der Waals surface area contributed by atoms with Crippen LogP contribution >= 0.6 is 0 Å². The monoisotopic (exact) mass is 287 g/mol. The molecule has 112 valence electrons. The van der Waals surface area contributed by atoms with Gasteiger partial charge < -0.3 is 9.51 Å². The number of fused-ring (bicyclic) bond motifs is 1. The highest BCUT2D eigenvalue weighted by molar-refractivity contribution is 5.17. The maximum atomic E-state index is 5.51. The Morgan fingerprint density at radius 3 is 2.95 bits per heavy atom. The first-order valence-electron chi connectivity index (χ1n) is 7.87. The minimum Gasteiger partial charge on any atom is -0.347 e. The molecule has 2 aromatic heterocycles. The molecule has 6 nitrogen and oxygen atoms in total. The molecule has 0 bridgehead atoms. The van der Waals surface area contributed by atoms with Crippen LogP contribution in [0.4, 0.5) is 0 Å². The average molecular weight is 287 g/mol. The van der Waals surface area contributed by atoms with Gasteiger partial charge in [-0.05, 0) is 18.8 Å². The van der Waals surface area contributed by atoms with Crippen LogP contribution in [-0.4, -0.2) is 20.1 Å². The number of aromatic nitrogens is 4. The SMILES string of the molecule is CC1CCC(c2noc(C3Cc4nc[nH]c4CN3)n2)CC1. The quantitative estimate of drug-likeness (QED) is 0.887. The summed E-state index contributed by atoms with van der Waals surface area (Å²) in [6.45, 7) is 3.10. The van der Waals surface area contributed by atoms with Crippen molar-refractivity contribution in [3.63, 3.8) is 0 Å². The number of H-pyrrole nitrogens is 1. The van der Waals surface area contributed by atoms with Crippen LogP contribution in [0.25, 0.3) is 0 Å². The van der Waals surface area contributed by atoms with E-state index in [4.69, 9.17) is 4.52 Å². The zero-order valence-corrected chi connectivity index (χ0v) is 12.3. The molecule has 0 radical (unpaired) electrons. The van der Waals surface area contributed by atoms with Gasteiger partial charge >= 0.3 is 0 Å². The lowest BCUT2D eigenvalue weighted by Crippen LogP contribution is -2.28. The largest absolute Gasteiger partial charge is 0.347 e. The molecule has 1 aliphatic carbocycles. The Labute approximate surface area is 123 Å². The third kappa shape index (κ3) is 2.48. The van der Waals surface area contributed by atoms with Crippen molar-refractivity contribution in [2.75, 3.05) is 0 Å². The molecule has 0 saturated heterocycles. The summed E-state index contributed by atoms with van der Waals surface area (Å²) in [5, 5.41) is 7.66. The van der Waals surface area contributed by atoms with Crippen molar-refractivity contribution in [2.45, 2.75) is 57.5 Å². The summed E-state index contributed by atoms with van der Waals surface area (Å²) < 4.78 is 5.51. The summed E-state index contributed by atoms with van der Waals surface area (Å²) in [5.74, 6) is 2.91. The fraction of sp³-hybridized carbons (Fsp3) is 0.667. The van der Waals surface area contributed by atoms with Gasteiger partial charge in [0.2, 0.25) is 5.89 Å². The van der Waals surface area contributed by atoms with Crippen LogP contribution in [0.2, 0.25) is 0 Å². The van der Waals surface area contributed by atoms with Gasteiger partial charge in [0.25, 0.3) is 0 Å². The summed E-state index contributed by atoms with van der Waals surface area (Å²) in [5.41, 5.74) is 2.26. The molecule has 21 heavy (non-hydrogen) atoms. The smallest absolute Gasteiger partial charge is 0.244 e. The number of rotatable bonds is 2. The van der Waals surface area contributed by atoms with Gasteiger partial charge in [-0.15, -0.1) is 0 Å². The summed E-state index contributed by atoms with van der Waals surface area (Å²) in [6, 6.07) is 0.0876.